The third-order valence-corrected chi connectivity index (χ3v) is 2.75. The molecule has 0 radical (unpaired) electrons. The van der Waals surface area contributed by atoms with Crippen LogP contribution in [0.3, 0.4) is 0 Å². The van der Waals surface area contributed by atoms with Crippen molar-refractivity contribution in [3.05, 3.63) is 23.3 Å². The van der Waals surface area contributed by atoms with E-state index in [0.717, 1.165) is 12.0 Å². The largest absolute Gasteiger partial charge is 0.389 e. The molecule has 60 valence electrons. The lowest BCUT2D eigenvalue weighted by molar-refractivity contribution is -0.153. The Kier molecular flexibility index (Phi) is 0.865. The molecule has 12 heavy (non-hydrogen) atoms. The lowest BCUT2D eigenvalue weighted by Crippen LogP contribution is -2.14. The van der Waals surface area contributed by atoms with Crippen LogP contribution in [0.4, 0.5) is 0 Å². The number of rotatable bonds is 0. The monoisotopic (exact) mass is 162 g/mol. The Labute approximate surface area is 68.7 Å². The molecule has 2 bridgehead atoms. The van der Waals surface area contributed by atoms with Crippen LogP contribution in [-0.4, -0.2) is 11.9 Å². The number of esters is 2. The summed E-state index contributed by atoms with van der Waals surface area (Å²) in [7, 11) is 0. The molecule has 2 atom stereocenters. The van der Waals surface area contributed by atoms with Crippen LogP contribution in [0.15, 0.2) is 23.3 Å². The van der Waals surface area contributed by atoms with Crippen LogP contribution in [0.1, 0.15) is 6.42 Å². The van der Waals surface area contributed by atoms with Gasteiger partial charge in [-0.05, 0) is 17.9 Å². The van der Waals surface area contributed by atoms with Gasteiger partial charge >= 0.3 is 11.9 Å². The van der Waals surface area contributed by atoms with E-state index in [2.05, 4.69) is 4.74 Å². The molecule has 0 amide bonds. The van der Waals surface area contributed by atoms with E-state index >= 15 is 0 Å². The van der Waals surface area contributed by atoms with E-state index in [4.69, 9.17) is 0 Å². The van der Waals surface area contributed by atoms with E-state index < -0.39 is 5.97 Å². The molecular formula is C9H6O3. The number of carbonyl (C=O) groups excluding carboxylic acids is 2. The summed E-state index contributed by atoms with van der Waals surface area (Å²) in [5.41, 5.74) is 1.62. The summed E-state index contributed by atoms with van der Waals surface area (Å²) in [6.45, 7) is 0. The van der Waals surface area contributed by atoms with Crippen LogP contribution in [0, 0.1) is 11.8 Å². The van der Waals surface area contributed by atoms with Crippen molar-refractivity contribution < 1.29 is 14.3 Å². The van der Waals surface area contributed by atoms with E-state index in [0.29, 0.717) is 5.57 Å². The SMILES string of the molecule is O=C1OC(=O)C2C1=C1C=CC2C1. The topological polar surface area (TPSA) is 43.4 Å². The Bertz CT molecular complexity index is 362. The molecule has 1 heterocycles. The minimum absolute atomic E-state index is 0.203. The molecule has 3 nitrogen and oxygen atoms in total. The van der Waals surface area contributed by atoms with Gasteiger partial charge < -0.3 is 4.74 Å². The molecule has 3 aliphatic rings. The standard InChI is InChI=1S/C9H6O3/c10-8-6-4-1-2-5(3-4)7(6)9(11)12-8/h1-2,4,6H,3H2. The number of ether oxygens (including phenoxy) is 1. The molecule has 0 aromatic rings. The number of hydrogen-bond acceptors (Lipinski definition) is 3. The molecule has 3 heteroatoms. The van der Waals surface area contributed by atoms with Crippen molar-refractivity contribution >= 4 is 11.9 Å². The number of carbonyl (C=O) groups is 2. The van der Waals surface area contributed by atoms with E-state index in [1.54, 1.807) is 0 Å². The molecule has 1 saturated heterocycles. The predicted octanol–water partition coefficient (Wildman–Crippen LogP) is 0.572. The van der Waals surface area contributed by atoms with Crippen LogP contribution >= 0.6 is 0 Å². The van der Waals surface area contributed by atoms with Crippen LogP contribution < -0.4 is 0 Å². The zero-order valence-electron chi connectivity index (χ0n) is 6.24. The van der Waals surface area contributed by atoms with Gasteiger partial charge in [0.05, 0.1) is 11.5 Å². The number of allylic oxidation sites excluding steroid dienone is 3. The van der Waals surface area contributed by atoms with Gasteiger partial charge in [-0.2, -0.15) is 0 Å². The molecule has 2 aliphatic carbocycles. The molecule has 0 aromatic heterocycles. The second-order valence-electron chi connectivity index (χ2n) is 3.35. The molecule has 0 N–H and O–H groups in total. The van der Waals surface area contributed by atoms with Gasteiger partial charge in [0.25, 0.3) is 0 Å². The zero-order valence-corrected chi connectivity index (χ0v) is 6.24. The van der Waals surface area contributed by atoms with Crippen LogP contribution in [0.5, 0.6) is 0 Å². The molecular weight excluding hydrogens is 156 g/mol. The Morgan fingerprint density at radius 1 is 1.42 bits per heavy atom. The first-order valence-electron chi connectivity index (χ1n) is 3.94. The highest BCUT2D eigenvalue weighted by Crippen LogP contribution is 2.47. The van der Waals surface area contributed by atoms with Gasteiger partial charge in [0.15, 0.2) is 0 Å². The fourth-order valence-electron chi connectivity index (χ4n) is 2.23. The predicted molar refractivity (Wildman–Crippen MR) is 38.9 cm³/mol. The average molecular weight is 162 g/mol. The second-order valence-corrected chi connectivity index (χ2v) is 3.35. The maximum atomic E-state index is 11.1. The Morgan fingerprint density at radius 3 is 3.00 bits per heavy atom. The van der Waals surface area contributed by atoms with Crippen molar-refractivity contribution in [2.24, 2.45) is 11.8 Å². The number of fused-ring (bicyclic) bond motifs is 4. The van der Waals surface area contributed by atoms with E-state index in [1.165, 1.54) is 0 Å². The average Bonchev–Trinajstić information content (AvgIpc) is 2.64. The van der Waals surface area contributed by atoms with Gasteiger partial charge in [0.2, 0.25) is 0 Å². The molecule has 0 saturated carbocycles. The number of hydrogen-bond donors (Lipinski definition) is 0. The molecule has 3 rings (SSSR count). The van der Waals surface area contributed by atoms with Crippen molar-refractivity contribution in [1.82, 2.24) is 0 Å². The normalized spacial score (nSPS) is 36.3. The van der Waals surface area contributed by atoms with Gasteiger partial charge in [0, 0.05) is 0 Å². The van der Waals surface area contributed by atoms with Crippen LogP contribution in [0.2, 0.25) is 0 Å². The first kappa shape index (κ1) is 6.17. The first-order valence-corrected chi connectivity index (χ1v) is 3.94. The summed E-state index contributed by atoms with van der Waals surface area (Å²) in [5.74, 6) is -0.849. The Morgan fingerprint density at radius 2 is 2.25 bits per heavy atom. The summed E-state index contributed by atoms with van der Waals surface area (Å²) >= 11 is 0. The lowest BCUT2D eigenvalue weighted by Gasteiger charge is -2.06. The van der Waals surface area contributed by atoms with Crippen molar-refractivity contribution in [1.29, 1.82) is 0 Å². The van der Waals surface area contributed by atoms with E-state index in [9.17, 15) is 9.59 Å². The minimum Gasteiger partial charge on any atom is -0.389 e. The summed E-state index contributed by atoms with van der Waals surface area (Å²) in [4.78, 5) is 22.3. The highest BCUT2D eigenvalue weighted by atomic mass is 16.6. The molecule has 0 spiro atoms. The van der Waals surface area contributed by atoms with Crippen molar-refractivity contribution in [3.63, 3.8) is 0 Å². The smallest absolute Gasteiger partial charge is 0.342 e. The van der Waals surface area contributed by atoms with Gasteiger partial charge in [-0.25, -0.2) is 4.79 Å². The van der Waals surface area contributed by atoms with Crippen LogP contribution in [-0.2, 0) is 14.3 Å². The Hall–Kier alpha value is -1.38. The van der Waals surface area contributed by atoms with Crippen molar-refractivity contribution in [2.75, 3.05) is 0 Å². The summed E-state index contributed by atoms with van der Waals surface area (Å²) in [5, 5.41) is 0. The quantitative estimate of drug-likeness (QED) is 0.386. The highest BCUT2D eigenvalue weighted by Gasteiger charge is 2.50. The fourth-order valence-corrected chi connectivity index (χ4v) is 2.23. The maximum Gasteiger partial charge on any atom is 0.342 e. The van der Waals surface area contributed by atoms with E-state index in [-0.39, 0.29) is 17.8 Å². The third kappa shape index (κ3) is 0.501. The van der Waals surface area contributed by atoms with Crippen molar-refractivity contribution in [3.8, 4) is 0 Å². The summed E-state index contributed by atoms with van der Waals surface area (Å²) < 4.78 is 4.53. The second kappa shape index (κ2) is 1.68. The molecule has 0 aromatic carbocycles. The van der Waals surface area contributed by atoms with Gasteiger partial charge in [-0.15, -0.1) is 0 Å². The van der Waals surface area contributed by atoms with Crippen molar-refractivity contribution in [2.45, 2.75) is 6.42 Å². The summed E-state index contributed by atoms with van der Waals surface area (Å²) in [6.07, 6.45) is 4.76. The number of cyclic esters (lactones) is 2. The minimum atomic E-state index is -0.424. The van der Waals surface area contributed by atoms with Gasteiger partial charge in [-0.1, -0.05) is 12.2 Å². The summed E-state index contributed by atoms with van der Waals surface area (Å²) in [6, 6.07) is 0. The first-order chi connectivity index (χ1) is 5.77. The fraction of sp³-hybridized carbons (Fsp3) is 0.333. The van der Waals surface area contributed by atoms with E-state index in [1.807, 2.05) is 12.2 Å². The van der Waals surface area contributed by atoms with Gasteiger partial charge in [0.1, 0.15) is 0 Å². The van der Waals surface area contributed by atoms with Gasteiger partial charge in [-0.3, -0.25) is 4.79 Å². The molecule has 2 unspecified atom stereocenters. The third-order valence-electron chi connectivity index (χ3n) is 2.75. The van der Waals surface area contributed by atoms with Crippen LogP contribution in [0.25, 0.3) is 0 Å². The maximum absolute atomic E-state index is 11.1. The zero-order chi connectivity index (χ0) is 8.29. The highest BCUT2D eigenvalue weighted by molar-refractivity contribution is 6.09. The Balaban J connectivity index is 2.23. The molecule has 1 fully saturated rings. The molecule has 1 aliphatic heterocycles. The lowest BCUT2D eigenvalue weighted by atomic mass is 9.92.